The van der Waals surface area contributed by atoms with Gasteiger partial charge in [0.1, 0.15) is 0 Å². The molecule has 2 rings (SSSR count). The SMILES string of the molecule is CNC(=O)Cc1ccc(NC(=O)c2nonc2N)cc1. The number of hydrogen-bond acceptors (Lipinski definition) is 6. The predicted molar refractivity (Wildman–Crippen MR) is 70.9 cm³/mol. The van der Waals surface area contributed by atoms with E-state index in [2.05, 4.69) is 25.6 Å². The van der Waals surface area contributed by atoms with Gasteiger partial charge >= 0.3 is 0 Å². The molecule has 1 aromatic heterocycles. The van der Waals surface area contributed by atoms with E-state index in [1.54, 1.807) is 31.3 Å². The van der Waals surface area contributed by atoms with Gasteiger partial charge in [0.2, 0.25) is 17.4 Å². The van der Waals surface area contributed by atoms with Crippen molar-refractivity contribution in [1.82, 2.24) is 15.6 Å². The predicted octanol–water partition coefficient (Wildman–Crippen LogP) is 0.193. The van der Waals surface area contributed by atoms with Crippen LogP contribution in [0.25, 0.3) is 0 Å². The summed E-state index contributed by atoms with van der Waals surface area (Å²) in [6, 6.07) is 6.85. The second-order valence-corrected chi connectivity index (χ2v) is 4.00. The number of amides is 2. The van der Waals surface area contributed by atoms with Gasteiger partial charge in [-0.15, -0.1) is 0 Å². The maximum atomic E-state index is 11.8. The van der Waals surface area contributed by atoms with Crippen molar-refractivity contribution in [2.45, 2.75) is 6.42 Å². The Kier molecular flexibility index (Phi) is 3.94. The van der Waals surface area contributed by atoms with E-state index in [1.807, 2.05) is 0 Å². The standard InChI is InChI=1S/C12H13N5O3/c1-14-9(18)6-7-2-4-8(5-3-7)15-12(19)10-11(13)17-20-16-10/h2-5H,6H2,1H3,(H2,13,17)(H,14,18)(H,15,19). The van der Waals surface area contributed by atoms with Crippen molar-refractivity contribution in [3.63, 3.8) is 0 Å². The lowest BCUT2D eigenvalue weighted by Gasteiger charge is -2.05. The molecule has 0 aliphatic heterocycles. The highest BCUT2D eigenvalue weighted by atomic mass is 16.6. The maximum absolute atomic E-state index is 11.8. The number of rotatable bonds is 4. The van der Waals surface area contributed by atoms with Crippen LogP contribution in [0.5, 0.6) is 0 Å². The van der Waals surface area contributed by atoms with Gasteiger partial charge in [-0.1, -0.05) is 12.1 Å². The minimum atomic E-state index is -0.511. The zero-order chi connectivity index (χ0) is 14.5. The molecular formula is C12H13N5O3. The first kappa shape index (κ1) is 13.5. The first-order valence-electron chi connectivity index (χ1n) is 5.79. The van der Waals surface area contributed by atoms with Crippen LogP contribution in [-0.2, 0) is 11.2 Å². The van der Waals surface area contributed by atoms with Crippen LogP contribution < -0.4 is 16.4 Å². The average molecular weight is 275 g/mol. The Bertz CT molecular complexity index is 620. The number of anilines is 2. The molecule has 0 aliphatic carbocycles. The minimum absolute atomic E-state index is 0.0700. The number of nitrogens with two attached hydrogens (primary N) is 1. The molecule has 0 bridgehead atoms. The van der Waals surface area contributed by atoms with Crippen molar-refractivity contribution in [2.24, 2.45) is 0 Å². The van der Waals surface area contributed by atoms with Gasteiger partial charge in [0.25, 0.3) is 5.91 Å². The first-order chi connectivity index (χ1) is 9.60. The van der Waals surface area contributed by atoms with Crippen LogP contribution in [-0.4, -0.2) is 29.2 Å². The number of carbonyl (C=O) groups is 2. The molecule has 0 saturated heterocycles. The number of benzene rings is 1. The lowest BCUT2D eigenvalue weighted by atomic mass is 10.1. The van der Waals surface area contributed by atoms with E-state index in [0.29, 0.717) is 5.69 Å². The summed E-state index contributed by atoms with van der Waals surface area (Å²) in [6.07, 6.45) is 0.283. The largest absolute Gasteiger partial charge is 0.379 e. The Hall–Kier alpha value is -2.90. The molecule has 2 aromatic rings. The van der Waals surface area contributed by atoms with Gasteiger partial charge in [0, 0.05) is 12.7 Å². The molecular weight excluding hydrogens is 262 g/mol. The number of nitrogens with zero attached hydrogens (tertiary/aromatic N) is 2. The number of hydrogen-bond donors (Lipinski definition) is 3. The highest BCUT2D eigenvalue weighted by molar-refractivity contribution is 6.05. The van der Waals surface area contributed by atoms with Gasteiger partial charge < -0.3 is 16.4 Å². The molecule has 0 fully saturated rings. The van der Waals surface area contributed by atoms with Crippen LogP contribution in [0.3, 0.4) is 0 Å². The molecule has 0 unspecified atom stereocenters. The zero-order valence-corrected chi connectivity index (χ0v) is 10.7. The lowest BCUT2D eigenvalue weighted by molar-refractivity contribution is -0.119. The summed E-state index contributed by atoms with van der Waals surface area (Å²) in [7, 11) is 1.58. The fourth-order valence-corrected chi connectivity index (χ4v) is 1.52. The highest BCUT2D eigenvalue weighted by Crippen LogP contribution is 2.13. The van der Waals surface area contributed by atoms with Crippen LogP contribution >= 0.6 is 0 Å². The molecule has 20 heavy (non-hydrogen) atoms. The molecule has 8 heteroatoms. The van der Waals surface area contributed by atoms with Gasteiger partial charge in [-0.2, -0.15) is 0 Å². The molecule has 8 nitrogen and oxygen atoms in total. The van der Waals surface area contributed by atoms with Crippen molar-refractivity contribution in [2.75, 3.05) is 18.1 Å². The van der Waals surface area contributed by atoms with E-state index < -0.39 is 5.91 Å². The van der Waals surface area contributed by atoms with E-state index >= 15 is 0 Å². The number of nitrogens with one attached hydrogen (secondary N) is 2. The Morgan fingerprint density at radius 3 is 2.50 bits per heavy atom. The summed E-state index contributed by atoms with van der Waals surface area (Å²) in [4.78, 5) is 23.0. The Balaban J connectivity index is 2.02. The van der Waals surface area contributed by atoms with Crippen molar-refractivity contribution < 1.29 is 14.2 Å². The number of carbonyl (C=O) groups excluding carboxylic acids is 2. The number of aromatic nitrogens is 2. The summed E-state index contributed by atoms with van der Waals surface area (Å²) >= 11 is 0. The monoisotopic (exact) mass is 275 g/mol. The highest BCUT2D eigenvalue weighted by Gasteiger charge is 2.15. The molecule has 1 heterocycles. The van der Waals surface area contributed by atoms with E-state index in [4.69, 9.17) is 5.73 Å². The number of likely N-dealkylation sites (N-methyl/N-ethyl adjacent to an activating group) is 1. The molecule has 0 saturated carbocycles. The van der Waals surface area contributed by atoms with E-state index in [0.717, 1.165) is 5.56 Å². The van der Waals surface area contributed by atoms with Gasteiger partial charge in [-0.3, -0.25) is 9.59 Å². The summed E-state index contributed by atoms with van der Waals surface area (Å²) < 4.78 is 4.35. The maximum Gasteiger partial charge on any atom is 0.281 e. The van der Waals surface area contributed by atoms with E-state index in [1.165, 1.54) is 0 Å². The van der Waals surface area contributed by atoms with E-state index in [9.17, 15) is 9.59 Å². The Labute approximate surface area is 114 Å². The fourth-order valence-electron chi connectivity index (χ4n) is 1.52. The van der Waals surface area contributed by atoms with Crippen molar-refractivity contribution in [1.29, 1.82) is 0 Å². The topological polar surface area (TPSA) is 123 Å². The molecule has 0 atom stereocenters. The van der Waals surface area contributed by atoms with Crippen LogP contribution in [0.4, 0.5) is 11.5 Å². The lowest BCUT2D eigenvalue weighted by Crippen LogP contribution is -2.19. The quantitative estimate of drug-likeness (QED) is 0.732. The second-order valence-electron chi connectivity index (χ2n) is 4.00. The number of nitrogen functional groups attached to an aromatic ring is 1. The van der Waals surface area contributed by atoms with Crippen molar-refractivity contribution in [3.8, 4) is 0 Å². The molecule has 1 aromatic carbocycles. The molecule has 104 valence electrons. The fraction of sp³-hybridized carbons (Fsp3) is 0.167. The summed E-state index contributed by atoms with van der Waals surface area (Å²) in [6.45, 7) is 0. The summed E-state index contributed by atoms with van der Waals surface area (Å²) in [5.41, 5.74) is 6.74. The molecule has 0 aliphatic rings. The molecule has 0 radical (unpaired) electrons. The Morgan fingerprint density at radius 1 is 1.25 bits per heavy atom. The van der Waals surface area contributed by atoms with Gasteiger partial charge in [0.15, 0.2) is 0 Å². The van der Waals surface area contributed by atoms with Gasteiger partial charge in [0.05, 0.1) is 6.42 Å². The molecule has 4 N–H and O–H groups in total. The average Bonchev–Trinajstić information content (AvgIpc) is 2.87. The zero-order valence-electron chi connectivity index (χ0n) is 10.7. The van der Waals surface area contributed by atoms with Crippen molar-refractivity contribution in [3.05, 3.63) is 35.5 Å². The van der Waals surface area contributed by atoms with Gasteiger partial charge in [-0.25, -0.2) is 4.63 Å². The molecule has 0 spiro atoms. The smallest absolute Gasteiger partial charge is 0.281 e. The Morgan fingerprint density at radius 2 is 1.95 bits per heavy atom. The van der Waals surface area contributed by atoms with E-state index in [-0.39, 0.29) is 23.8 Å². The van der Waals surface area contributed by atoms with Gasteiger partial charge in [-0.05, 0) is 28.0 Å². The third-order valence-electron chi connectivity index (χ3n) is 2.58. The van der Waals surface area contributed by atoms with Crippen LogP contribution in [0.1, 0.15) is 16.1 Å². The minimum Gasteiger partial charge on any atom is -0.379 e. The van der Waals surface area contributed by atoms with Crippen LogP contribution in [0.15, 0.2) is 28.9 Å². The summed E-state index contributed by atoms with van der Waals surface area (Å²) in [5, 5.41) is 11.9. The normalized spacial score (nSPS) is 10.1. The van der Waals surface area contributed by atoms with Crippen LogP contribution in [0, 0.1) is 0 Å². The summed E-state index contributed by atoms with van der Waals surface area (Å²) in [5.74, 6) is -0.662. The van der Waals surface area contributed by atoms with Crippen LogP contribution in [0.2, 0.25) is 0 Å². The first-order valence-corrected chi connectivity index (χ1v) is 5.79. The third-order valence-corrected chi connectivity index (χ3v) is 2.58. The molecule has 2 amide bonds. The second kappa shape index (κ2) is 5.83. The third kappa shape index (κ3) is 3.10. The van der Waals surface area contributed by atoms with Crippen molar-refractivity contribution >= 4 is 23.3 Å².